The van der Waals surface area contributed by atoms with Gasteiger partial charge in [-0.3, -0.25) is 14.6 Å². The summed E-state index contributed by atoms with van der Waals surface area (Å²) in [5.41, 5.74) is 2.04. The summed E-state index contributed by atoms with van der Waals surface area (Å²) in [6.07, 6.45) is 2.78. The lowest BCUT2D eigenvalue weighted by Gasteiger charge is -1.96. The van der Waals surface area contributed by atoms with Crippen LogP contribution < -0.4 is 0 Å². The van der Waals surface area contributed by atoms with Crippen LogP contribution in [0.15, 0.2) is 28.5 Å². The maximum atomic E-state index is 11.7. The highest BCUT2D eigenvalue weighted by molar-refractivity contribution is 7.11. The molecule has 2 aromatic rings. The Balaban J connectivity index is 2.09. The zero-order valence-corrected chi connectivity index (χ0v) is 9.41. The number of hydrogen-bond acceptors (Lipinski definition) is 5. The average molecular weight is 235 g/mol. The Morgan fingerprint density at radius 2 is 2.25 bits per heavy atom. The molecule has 0 aliphatic rings. The lowest BCUT2D eigenvalue weighted by atomic mass is 10.1. The van der Waals surface area contributed by atoms with Gasteiger partial charge in [-0.2, -0.15) is 0 Å². The first-order valence-corrected chi connectivity index (χ1v) is 5.55. The number of nitrogens with zero attached hydrogens (tertiary/aromatic N) is 1. The quantitative estimate of drug-likeness (QED) is 0.603. The minimum absolute atomic E-state index is 0.136. The van der Waals surface area contributed by atoms with E-state index in [-0.39, 0.29) is 18.0 Å². The largest absolute Gasteiger partial charge is 0.469 e. The Hall–Kier alpha value is -1.75. The van der Waals surface area contributed by atoms with Crippen molar-refractivity contribution in [3.8, 4) is 0 Å². The van der Waals surface area contributed by atoms with E-state index in [9.17, 15) is 9.59 Å². The van der Waals surface area contributed by atoms with Gasteiger partial charge in [0.1, 0.15) is 5.76 Å². The van der Waals surface area contributed by atoms with Gasteiger partial charge in [0.2, 0.25) is 0 Å². The van der Waals surface area contributed by atoms with Gasteiger partial charge in [-0.15, -0.1) is 11.3 Å². The molecule has 16 heavy (non-hydrogen) atoms. The van der Waals surface area contributed by atoms with Crippen LogP contribution >= 0.6 is 11.3 Å². The Labute approximate surface area is 95.9 Å². The minimum Gasteiger partial charge on any atom is -0.469 e. The summed E-state index contributed by atoms with van der Waals surface area (Å²) in [5.74, 6) is 0.125. The van der Waals surface area contributed by atoms with Crippen LogP contribution in [0.2, 0.25) is 0 Å². The second-order valence-electron chi connectivity index (χ2n) is 3.28. The van der Waals surface area contributed by atoms with Crippen LogP contribution in [0.3, 0.4) is 0 Å². The topological polar surface area (TPSA) is 60.2 Å². The second-order valence-corrected chi connectivity index (χ2v) is 4.17. The number of rotatable bonds is 4. The average Bonchev–Trinajstić information content (AvgIpc) is 2.86. The van der Waals surface area contributed by atoms with E-state index < -0.39 is 0 Å². The zero-order valence-electron chi connectivity index (χ0n) is 8.60. The van der Waals surface area contributed by atoms with Crippen LogP contribution in [0.4, 0.5) is 0 Å². The fourth-order valence-corrected chi connectivity index (χ4v) is 1.92. The Bertz CT molecular complexity index is 513. The first-order chi connectivity index (χ1) is 7.68. The molecular weight excluding hydrogens is 226 g/mol. The van der Waals surface area contributed by atoms with E-state index in [1.54, 1.807) is 18.5 Å². The van der Waals surface area contributed by atoms with Gasteiger partial charge in [0, 0.05) is 6.20 Å². The van der Waals surface area contributed by atoms with Crippen LogP contribution in [0.1, 0.15) is 32.2 Å². The monoisotopic (exact) mass is 235 g/mol. The van der Waals surface area contributed by atoms with Crippen molar-refractivity contribution >= 4 is 22.9 Å². The molecule has 0 N–H and O–H groups in total. The van der Waals surface area contributed by atoms with Gasteiger partial charge < -0.3 is 4.42 Å². The summed E-state index contributed by atoms with van der Waals surface area (Å²) in [5, 5.41) is 0. The number of hydrogen-bond donors (Lipinski definition) is 0. The summed E-state index contributed by atoms with van der Waals surface area (Å²) in [7, 11) is 0. The number of aromatic nitrogens is 1. The van der Waals surface area contributed by atoms with E-state index in [1.807, 2.05) is 0 Å². The second kappa shape index (κ2) is 4.40. The van der Waals surface area contributed by atoms with Gasteiger partial charge in [-0.05, 0) is 13.0 Å². The Morgan fingerprint density at radius 1 is 1.44 bits per heavy atom. The molecule has 0 aliphatic carbocycles. The molecule has 4 nitrogen and oxygen atoms in total. The van der Waals surface area contributed by atoms with Crippen molar-refractivity contribution in [1.29, 1.82) is 0 Å². The number of thiazole rings is 1. The first kappa shape index (κ1) is 10.8. The minimum atomic E-state index is -0.218. The summed E-state index contributed by atoms with van der Waals surface area (Å²) >= 11 is 1.24. The van der Waals surface area contributed by atoms with Crippen molar-refractivity contribution in [2.45, 2.75) is 13.3 Å². The van der Waals surface area contributed by atoms with Crippen molar-refractivity contribution < 1.29 is 14.0 Å². The number of carbonyl (C=O) groups is 2. The Kier molecular flexibility index (Phi) is 2.96. The van der Waals surface area contributed by atoms with Gasteiger partial charge in [0.25, 0.3) is 0 Å². The third-order valence-corrected chi connectivity index (χ3v) is 3.00. The standard InChI is InChI=1S/C11H9NO3S/c1-7-8(2-3-15-7)9(13)4-10(14)11-5-12-6-16-11/h2-3,5-6H,4H2,1H3. The highest BCUT2D eigenvalue weighted by Crippen LogP contribution is 2.15. The van der Waals surface area contributed by atoms with Gasteiger partial charge in [0.15, 0.2) is 11.6 Å². The molecule has 2 aromatic heterocycles. The smallest absolute Gasteiger partial charge is 0.182 e. The van der Waals surface area contributed by atoms with E-state index in [2.05, 4.69) is 4.98 Å². The van der Waals surface area contributed by atoms with Crippen LogP contribution in [-0.4, -0.2) is 16.6 Å². The summed E-state index contributed by atoms with van der Waals surface area (Å²) < 4.78 is 5.02. The number of furan rings is 1. The van der Waals surface area contributed by atoms with Crippen molar-refractivity contribution in [2.75, 3.05) is 0 Å². The molecule has 2 heterocycles. The highest BCUT2D eigenvalue weighted by Gasteiger charge is 2.17. The highest BCUT2D eigenvalue weighted by atomic mass is 32.1. The van der Waals surface area contributed by atoms with Crippen molar-refractivity contribution in [1.82, 2.24) is 4.98 Å². The van der Waals surface area contributed by atoms with Gasteiger partial charge >= 0.3 is 0 Å². The molecule has 0 radical (unpaired) electrons. The molecule has 5 heteroatoms. The van der Waals surface area contributed by atoms with Crippen molar-refractivity contribution in [3.63, 3.8) is 0 Å². The van der Waals surface area contributed by atoms with E-state index in [0.29, 0.717) is 16.2 Å². The van der Waals surface area contributed by atoms with Crippen LogP contribution in [0.25, 0.3) is 0 Å². The molecule has 2 rings (SSSR count). The fraction of sp³-hybridized carbons (Fsp3) is 0.182. The zero-order chi connectivity index (χ0) is 11.5. The molecule has 0 saturated heterocycles. The lowest BCUT2D eigenvalue weighted by molar-refractivity contribution is 0.0896. The molecule has 0 unspecified atom stereocenters. The van der Waals surface area contributed by atoms with Gasteiger partial charge in [-0.1, -0.05) is 0 Å². The van der Waals surface area contributed by atoms with E-state index in [4.69, 9.17) is 4.42 Å². The number of Topliss-reactive ketones (excluding diaryl/α,β-unsaturated/α-hetero) is 2. The van der Waals surface area contributed by atoms with E-state index in [0.717, 1.165) is 0 Å². The summed E-state index contributed by atoms with van der Waals surface area (Å²) in [6.45, 7) is 1.70. The van der Waals surface area contributed by atoms with Crippen LogP contribution in [-0.2, 0) is 0 Å². The van der Waals surface area contributed by atoms with Crippen molar-refractivity contribution in [3.05, 3.63) is 40.2 Å². The number of carbonyl (C=O) groups excluding carboxylic acids is 2. The predicted octanol–water partition coefficient (Wildman–Crippen LogP) is 2.50. The van der Waals surface area contributed by atoms with Gasteiger partial charge in [0.05, 0.1) is 28.6 Å². The number of aryl methyl sites for hydroxylation is 1. The molecule has 0 bridgehead atoms. The maximum Gasteiger partial charge on any atom is 0.182 e. The third-order valence-electron chi connectivity index (χ3n) is 2.19. The van der Waals surface area contributed by atoms with E-state index in [1.165, 1.54) is 23.8 Å². The molecule has 0 fully saturated rings. The third kappa shape index (κ3) is 2.09. The lowest BCUT2D eigenvalue weighted by Crippen LogP contribution is -2.07. The van der Waals surface area contributed by atoms with Gasteiger partial charge in [-0.25, -0.2) is 0 Å². The summed E-state index contributed by atoms with van der Waals surface area (Å²) in [4.78, 5) is 27.7. The molecule has 0 atom stereocenters. The van der Waals surface area contributed by atoms with Crippen molar-refractivity contribution in [2.24, 2.45) is 0 Å². The van der Waals surface area contributed by atoms with E-state index >= 15 is 0 Å². The molecule has 0 spiro atoms. The fourth-order valence-electron chi connectivity index (χ4n) is 1.36. The molecule has 0 saturated carbocycles. The molecule has 0 amide bonds. The molecule has 0 aromatic carbocycles. The summed E-state index contributed by atoms with van der Waals surface area (Å²) in [6, 6.07) is 1.58. The normalized spacial score (nSPS) is 10.3. The number of ketones is 2. The first-order valence-electron chi connectivity index (χ1n) is 4.67. The SMILES string of the molecule is Cc1occc1C(=O)CC(=O)c1cncs1. The molecular formula is C11H9NO3S. The predicted molar refractivity (Wildman–Crippen MR) is 58.8 cm³/mol. The van der Waals surface area contributed by atoms with Crippen LogP contribution in [0, 0.1) is 6.92 Å². The van der Waals surface area contributed by atoms with Crippen LogP contribution in [0.5, 0.6) is 0 Å². The maximum absolute atomic E-state index is 11.7. The molecule has 0 aliphatic heterocycles. The Morgan fingerprint density at radius 3 is 2.81 bits per heavy atom. The molecule has 82 valence electrons.